The quantitative estimate of drug-likeness (QED) is 0.568. The molecule has 2 atom stereocenters. The van der Waals surface area contributed by atoms with Gasteiger partial charge in [-0.3, -0.25) is 23.5 Å². The molecule has 9 nitrogen and oxygen atoms in total. The maximum absolute atomic E-state index is 13.6. The Morgan fingerprint density at radius 2 is 1.76 bits per heavy atom. The maximum atomic E-state index is 13.6. The van der Waals surface area contributed by atoms with E-state index >= 15 is 0 Å². The molecule has 0 bridgehead atoms. The van der Waals surface area contributed by atoms with Crippen LogP contribution < -0.4 is 0 Å². The van der Waals surface area contributed by atoms with Gasteiger partial charge in [0, 0.05) is 56.9 Å². The molecule has 6 rings (SSSR count). The van der Waals surface area contributed by atoms with Crippen LogP contribution in [0, 0.1) is 0 Å². The highest BCUT2D eigenvalue weighted by molar-refractivity contribution is 7.84. The van der Waals surface area contributed by atoms with E-state index in [0.29, 0.717) is 41.9 Å². The molecule has 0 aliphatic carbocycles. The van der Waals surface area contributed by atoms with Gasteiger partial charge in [-0.15, -0.1) is 0 Å². The van der Waals surface area contributed by atoms with Crippen LogP contribution in [0.4, 0.5) is 0 Å². The van der Waals surface area contributed by atoms with Crippen LogP contribution in [0.15, 0.2) is 23.1 Å². The Kier molecular flexibility index (Phi) is 7.65. The zero-order valence-electron chi connectivity index (χ0n) is 21.1. The molecule has 2 aromatic rings. The van der Waals surface area contributed by atoms with Gasteiger partial charge in [-0.1, -0.05) is 23.7 Å². The maximum Gasteiger partial charge on any atom is 0.274 e. The molecule has 0 radical (unpaired) electrons. The third-order valence-corrected chi connectivity index (χ3v) is 9.77. The van der Waals surface area contributed by atoms with Gasteiger partial charge in [-0.2, -0.15) is 5.10 Å². The number of carbonyl (C=O) groups is 1. The standard InChI is InChI=1S/C26H34ClN5O4S/c27-22-5-1-4-20-24-21(18-37(34)25(20)22)23(26(33)31-11-15-36-16-12-31)28-32(24)19-3-2-6-30(17-19)8-7-29-9-13-35-14-10-29/h1,4-5,19H,2-3,6-18H2/t19-,37?/m1/s1. The van der Waals surface area contributed by atoms with Gasteiger partial charge >= 0.3 is 0 Å². The molecular formula is C26H34ClN5O4S. The van der Waals surface area contributed by atoms with Crippen LogP contribution in [0.5, 0.6) is 0 Å². The number of hydrogen-bond donors (Lipinski definition) is 0. The van der Waals surface area contributed by atoms with Crippen molar-refractivity contribution in [2.45, 2.75) is 29.5 Å². The van der Waals surface area contributed by atoms with Gasteiger partial charge in [0.05, 0.1) is 64.6 Å². The summed E-state index contributed by atoms with van der Waals surface area (Å²) >= 11 is 6.54. The minimum Gasteiger partial charge on any atom is -0.379 e. The predicted octanol–water partition coefficient (Wildman–Crippen LogP) is 2.27. The molecule has 0 N–H and O–H groups in total. The molecule has 0 saturated carbocycles. The Hall–Kier alpha value is -1.82. The Morgan fingerprint density at radius 3 is 2.54 bits per heavy atom. The number of hydrogen-bond acceptors (Lipinski definition) is 7. The summed E-state index contributed by atoms with van der Waals surface area (Å²) < 4.78 is 26.3. The minimum atomic E-state index is -1.33. The molecule has 1 aromatic carbocycles. The lowest BCUT2D eigenvalue weighted by Gasteiger charge is -2.36. The second-order valence-electron chi connectivity index (χ2n) is 10.2. The van der Waals surface area contributed by atoms with Gasteiger partial charge in [0.25, 0.3) is 5.91 Å². The van der Waals surface area contributed by atoms with Crippen molar-refractivity contribution in [1.82, 2.24) is 24.5 Å². The van der Waals surface area contributed by atoms with Crippen molar-refractivity contribution in [1.29, 1.82) is 0 Å². The molecule has 1 amide bonds. The third kappa shape index (κ3) is 5.12. The summed E-state index contributed by atoms with van der Waals surface area (Å²) in [5.41, 5.74) is 2.97. The summed E-state index contributed by atoms with van der Waals surface area (Å²) in [6.45, 7) is 9.74. The first-order valence-corrected chi connectivity index (χ1v) is 15.0. The number of aromatic nitrogens is 2. The number of carbonyl (C=O) groups excluding carboxylic acids is 1. The summed E-state index contributed by atoms with van der Waals surface area (Å²) in [4.78, 5) is 21.1. The molecule has 4 aliphatic heterocycles. The van der Waals surface area contributed by atoms with E-state index in [-0.39, 0.29) is 17.7 Å². The average molecular weight is 548 g/mol. The van der Waals surface area contributed by atoms with Crippen LogP contribution in [0.1, 0.15) is 34.9 Å². The van der Waals surface area contributed by atoms with E-state index in [1.807, 2.05) is 17.0 Å². The summed E-state index contributed by atoms with van der Waals surface area (Å²) in [5.74, 6) is 0.158. The summed E-state index contributed by atoms with van der Waals surface area (Å²) in [7, 11) is -1.33. The number of likely N-dealkylation sites (tertiary alicyclic amines) is 1. The fraction of sp³-hybridized carbons (Fsp3) is 0.615. The monoisotopic (exact) mass is 547 g/mol. The number of nitrogens with zero attached hydrogens (tertiary/aromatic N) is 5. The van der Waals surface area contributed by atoms with E-state index in [1.54, 1.807) is 6.07 Å². The first kappa shape index (κ1) is 25.5. The molecule has 3 saturated heterocycles. The van der Waals surface area contributed by atoms with Gasteiger partial charge in [0.1, 0.15) is 0 Å². The molecule has 5 heterocycles. The highest BCUT2D eigenvalue weighted by Gasteiger charge is 2.37. The van der Waals surface area contributed by atoms with Crippen molar-refractivity contribution in [3.63, 3.8) is 0 Å². The lowest BCUT2D eigenvalue weighted by atomic mass is 10.0. The number of fused-ring (bicyclic) bond motifs is 3. The second-order valence-corrected chi connectivity index (χ2v) is 12.0. The van der Waals surface area contributed by atoms with E-state index in [0.717, 1.165) is 82.1 Å². The number of rotatable bonds is 5. The fourth-order valence-electron chi connectivity index (χ4n) is 5.91. The SMILES string of the molecule is O=C(c1nn([C@@H]2CCCN(CCN3CCOCC3)C2)c2c1CS(=O)c1c(Cl)cccc1-2)N1CCOCC1. The van der Waals surface area contributed by atoms with Gasteiger partial charge < -0.3 is 14.4 Å². The minimum absolute atomic E-state index is 0.0965. The lowest BCUT2D eigenvalue weighted by molar-refractivity contribution is 0.0294. The molecular weight excluding hydrogens is 514 g/mol. The van der Waals surface area contributed by atoms with Crippen molar-refractivity contribution < 1.29 is 18.5 Å². The van der Waals surface area contributed by atoms with Gasteiger partial charge in [-0.05, 0) is 25.5 Å². The number of amides is 1. The van der Waals surface area contributed by atoms with Gasteiger partial charge in [0.15, 0.2) is 5.69 Å². The molecule has 37 heavy (non-hydrogen) atoms. The van der Waals surface area contributed by atoms with Crippen LogP contribution in [-0.4, -0.2) is 113 Å². The molecule has 1 aromatic heterocycles. The predicted molar refractivity (Wildman–Crippen MR) is 141 cm³/mol. The summed E-state index contributed by atoms with van der Waals surface area (Å²) in [6.07, 6.45) is 2.07. The zero-order chi connectivity index (χ0) is 25.4. The Balaban J connectivity index is 1.33. The lowest BCUT2D eigenvalue weighted by Crippen LogP contribution is -2.44. The van der Waals surface area contributed by atoms with Crippen LogP contribution in [-0.2, 0) is 26.0 Å². The second kappa shape index (κ2) is 11.1. The molecule has 0 spiro atoms. The van der Waals surface area contributed by atoms with Crippen LogP contribution in [0.3, 0.4) is 0 Å². The van der Waals surface area contributed by atoms with Crippen molar-refractivity contribution >= 4 is 28.3 Å². The first-order chi connectivity index (χ1) is 18.1. The highest BCUT2D eigenvalue weighted by atomic mass is 35.5. The Labute approximate surface area is 225 Å². The highest BCUT2D eigenvalue weighted by Crippen LogP contribution is 2.43. The van der Waals surface area contributed by atoms with Crippen molar-refractivity contribution in [3.05, 3.63) is 34.5 Å². The number of morpholine rings is 2. The molecule has 4 aliphatic rings. The van der Waals surface area contributed by atoms with Crippen molar-refractivity contribution in [2.75, 3.05) is 78.8 Å². The normalized spacial score (nSPS) is 25.1. The number of benzene rings is 1. The number of halogens is 1. The summed E-state index contributed by atoms with van der Waals surface area (Å²) in [5, 5.41) is 5.50. The van der Waals surface area contributed by atoms with E-state index < -0.39 is 10.8 Å². The van der Waals surface area contributed by atoms with Crippen molar-refractivity contribution in [2.24, 2.45) is 0 Å². The zero-order valence-corrected chi connectivity index (χ0v) is 22.6. The fourth-order valence-corrected chi connectivity index (χ4v) is 7.72. The first-order valence-electron chi connectivity index (χ1n) is 13.3. The van der Waals surface area contributed by atoms with Crippen LogP contribution in [0.2, 0.25) is 5.02 Å². The van der Waals surface area contributed by atoms with Crippen molar-refractivity contribution in [3.8, 4) is 11.3 Å². The molecule has 200 valence electrons. The summed E-state index contributed by atoms with van der Waals surface area (Å²) in [6, 6.07) is 5.79. The smallest absolute Gasteiger partial charge is 0.274 e. The van der Waals surface area contributed by atoms with Crippen LogP contribution >= 0.6 is 11.6 Å². The van der Waals surface area contributed by atoms with E-state index in [9.17, 15) is 9.00 Å². The Bertz CT molecular complexity index is 1180. The Morgan fingerprint density at radius 1 is 1.03 bits per heavy atom. The van der Waals surface area contributed by atoms with E-state index in [2.05, 4.69) is 14.5 Å². The number of piperidine rings is 1. The van der Waals surface area contributed by atoms with Gasteiger partial charge in [0.2, 0.25) is 0 Å². The molecule has 1 unspecified atom stereocenters. The average Bonchev–Trinajstić information content (AvgIpc) is 3.32. The third-order valence-electron chi connectivity index (χ3n) is 7.90. The molecule has 11 heteroatoms. The van der Waals surface area contributed by atoms with Gasteiger partial charge in [-0.25, -0.2) is 0 Å². The largest absolute Gasteiger partial charge is 0.379 e. The van der Waals surface area contributed by atoms with E-state index in [4.69, 9.17) is 26.2 Å². The van der Waals surface area contributed by atoms with Crippen LogP contribution in [0.25, 0.3) is 11.3 Å². The molecule has 3 fully saturated rings. The number of ether oxygens (including phenoxy) is 2. The van der Waals surface area contributed by atoms with E-state index in [1.165, 1.54) is 0 Å². The topological polar surface area (TPSA) is 80.1 Å².